The minimum absolute atomic E-state index is 0.177. The number of pyridine rings is 1. The fraction of sp³-hybridized carbons (Fsp3) is 0.545. The van der Waals surface area contributed by atoms with Gasteiger partial charge in [0.1, 0.15) is 5.75 Å². The van der Waals surface area contributed by atoms with Gasteiger partial charge < -0.3 is 15.5 Å². The van der Waals surface area contributed by atoms with E-state index in [9.17, 15) is 0 Å². The summed E-state index contributed by atoms with van der Waals surface area (Å²) in [6, 6.07) is 3.64. The van der Waals surface area contributed by atoms with Gasteiger partial charge in [-0.05, 0) is 32.4 Å². The Morgan fingerprint density at radius 2 is 2.13 bits per heavy atom. The quantitative estimate of drug-likeness (QED) is 0.679. The van der Waals surface area contributed by atoms with Gasteiger partial charge in [-0.2, -0.15) is 0 Å². The molecule has 0 aliphatic heterocycles. The minimum atomic E-state index is -0.291. The SMILES string of the molecule is CC(O)CC(C)NCc1ccc(O)cn1. The number of aliphatic hydroxyl groups excluding tert-OH is 1. The van der Waals surface area contributed by atoms with Crippen molar-refractivity contribution in [3.05, 3.63) is 24.0 Å². The Morgan fingerprint density at radius 1 is 1.40 bits per heavy atom. The summed E-state index contributed by atoms with van der Waals surface area (Å²) in [6.07, 6.45) is 1.86. The summed E-state index contributed by atoms with van der Waals surface area (Å²) in [5.41, 5.74) is 0.880. The molecular formula is C11H18N2O2. The maximum Gasteiger partial charge on any atom is 0.133 e. The highest BCUT2D eigenvalue weighted by atomic mass is 16.3. The molecule has 0 bridgehead atoms. The molecule has 0 fully saturated rings. The van der Waals surface area contributed by atoms with E-state index in [4.69, 9.17) is 10.2 Å². The minimum Gasteiger partial charge on any atom is -0.506 e. The number of aromatic nitrogens is 1. The molecule has 3 N–H and O–H groups in total. The highest BCUT2D eigenvalue weighted by Gasteiger charge is 2.05. The Labute approximate surface area is 90.0 Å². The Balaban J connectivity index is 2.33. The summed E-state index contributed by atoms with van der Waals surface area (Å²) >= 11 is 0. The van der Waals surface area contributed by atoms with Crippen molar-refractivity contribution in [1.82, 2.24) is 10.3 Å². The zero-order valence-corrected chi connectivity index (χ0v) is 9.14. The van der Waals surface area contributed by atoms with Gasteiger partial charge in [-0.3, -0.25) is 4.98 Å². The Hall–Kier alpha value is -1.13. The first kappa shape index (κ1) is 11.9. The summed E-state index contributed by atoms with van der Waals surface area (Å²) in [4.78, 5) is 4.05. The van der Waals surface area contributed by atoms with Crippen LogP contribution >= 0.6 is 0 Å². The summed E-state index contributed by atoms with van der Waals surface area (Å²) in [6.45, 7) is 4.44. The van der Waals surface area contributed by atoms with Crippen molar-refractivity contribution in [3.63, 3.8) is 0 Å². The number of hydrogen-bond acceptors (Lipinski definition) is 4. The van der Waals surface area contributed by atoms with Gasteiger partial charge in [0.05, 0.1) is 18.0 Å². The van der Waals surface area contributed by atoms with E-state index in [-0.39, 0.29) is 17.9 Å². The number of aromatic hydroxyl groups is 1. The van der Waals surface area contributed by atoms with E-state index in [2.05, 4.69) is 10.3 Å². The zero-order valence-electron chi connectivity index (χ0n) is 9.14. The third-order valence-corrected chi connectivity index (χ3v) is 2.14. The van der Waals surface area contributed by atoms with Crippen LogP contribution in [0.1, 0.15) is 26.0 Å². The van der Waals surface area contributed by atoms with Gasteiger partial charge >= 0.3 is 0 Å². The second kappa shape index (κ2) is 5.68. The molecule has 0 aliphatic rings. The fourth-order valence-corrected chi connectivity index (χ4v) is 1.40. The molecule has 4 heteroatoms. The van der Waals surface area contributed by atoms with Crippen LogP contribution in [0, 0.1) is 0 Å². The number of nitrogens with one attached hydrogen (secondary N) is 1. The van der Waals surface area contributed by atoms with Crippen molar-refractivity contribution in [3.8, 4) is 5.75 Å². The molecule has 0 aromatic carbocycles. The lowest BCUT2D eigenvalue weighted by atomic mass is 10.1. The van der Waals surface area contributed by atoms with Crippen LogP contribution < -0.4 is 5.32 Å². The lowest BCUT2D eigenvalue weighted by Gasteiger charge is -2.14. The zero-order chi connectivity index (χ0) is 11.3. The predicted octanol–water partition coefficient (Wildman–Crippen LogP) is 1.04. The maximum atomic E-state index is 9.17. The first-order valence-corrected chi connectivity index (χ1v) is 5.13. The number of aliphatic hydroxyl groups is 1. The molecule has 1 aromatic rings. The van der Waals surface area contributed by atoms with Gasteiger partial charge in [0, 0.05) is 12.6 Å². The van der Waals surface area contributed by atoms with Crippen molar-refractivity contribution >= 4 is 0 Å². The molecule has 0 radical (unpaired) electrons. The lowest BCUT2D eigenvalue weighted by Crippen LogP contribution is -2.28. The third kappa shape index (κ3) is 4.76. The molecule has 84 valence electrons. The molecule has 15 heavy (non-hydrogen) atoms. The smallest absolute Gasteiger partial charge is 0.133 e. The molecule has 0 saturated carbocycles. The second-order valence-electron chi connectivity index (χ2n) is 3.87. The van der Waals surface area contributed by atoms with Gasteiger partial charge in [0.15, 0.2) is 0 Å². The highest BCUT2D eigenvalue weighted by molar-refractivity contribution is 5.17. The summed E-state index contributed by atoms with van der Waals surface area (Å²) in [5.74, 6) is 0.177. The van der Waals surface area contributed by atoms with E-state index in [0.29, 0.717) is 6.54 Å². The molecule has 2 unspecified atom stereocenters. The number of hydrogen-bond donors (Lipinski definition) is 3. The van der Waals surface area contributed by atoms with Crippen LogP contribution in [-0.2, 0) is 6.54 Å². The summed E-state index contributed by atoms with van der Waals surface area (Å²) in [5, 5.41) is 21.5. The van der Waals surface area contributed by atoms with E-state index in [1.807, 2.05) is 6.92 Å². The lowest BCUT2D eigenvalue weighted by molar-refractivity contribution is 0.170. The van der Waals surface area contributed by atoms with Gasteiger partial charge in [0.2, 0.25) is 0 Å². The standard InChI is InChI=1S/C11H18N2O2/c1-8(5-9(2)14)12-6-10-3-4-11(15)7-13-10/h3-4,7-9,12,14-15H,5-6H2,1-2H3. The van der Waals surface area contributed by atoms with Gasteiger partial charge in [-0.1, -0.05) is 0 Å². The molecule has 4 nitrogen and oxygen atoms in total. The molecule has 0 amide bonds. The topological polar surface area (TPSA) is 65.4 Å². The highest BCUT2D eigenvalue weighted by Crippen LogP contribution is 2.06. The van der Waals surface area contributed by atoms with Gasteiger partial charge in [0.25, 0.3) is 0 Å². The number of nitrogens with zero attached hydrogens (tertiary/aromatic N) is 1. The fourth-order valence-electron chi connectivity index (χ4n) is 1.40. The van der Waals surface area contributed by atoms with Crippen LogP contribution in [0.15, 0.2) is 18.3 Å². The molecular weight excluding hydrogens is 192 g/mol. The largest absolute Gasteiger partial charge is 0.506 e. The molecule has 0 spiro atoms. The van der Waals surface area contributed by atoms with Crippen LogP contribution in [-0.4, -0.2) is 27.3 Å². The average Bonchev–Trinajstić information content (AvgIpc) is 2.16. The Kier molecular flexibility index (Phi) is 4.52. The van der Waals surface area contributed by atoms with Crippen LogP contribution in [0.25, 0.3) is 0 Å². The van der Waals surface area contributed by atoms with Crippen molar-refractivity contribution < 1.29 is 10.2 Å². The molecule has 1 aromatic heterocycles. The first-order chi connectivity index (χ1) is 7.08. The average molecular weight is 210 g/mol. The van der Waals surface area contributed by atoms with E-state index in [1.54, 1.807) is 19.1 Å². The second-order valence-corrected chi connectivity index (χ2v) is 3.87. The Morgan fingerprint density at radius 3 is 2.67 bits per heavy atom. The van der Waals surface area contributed by atoms with Crippen LogP contribution in [0.4, 0.5) is 0 Å². The van der Waals surface area contributed by atoms with E-state index in [0.717, 1.165) is 12.1 Å². The summed E-state index contributed by atoms with van der Waals surface area (Å²) < 4.78 is 0. The van der Waals surface area contributed by atoms with Crippen LogP contribution in [0.2, 0.25) is 0 Å². The van der Waals surface area contributed by atoms with Crippen molar-refractivity contribution in [1.29, 1.82) is 0 Å². The Bertz CT molecular complexity index is 285. The van der Waals surface area contributed by atoms with Crippen molar-refractivity contribution in [2.75, 3.05) is 0 Å². The molecule has 0 saturated heterocycles. The number of rotatable bonds is 5. The van der Waals surface area contributed by atoms with E-state index < -0.39 is 0 Å². The predicted molar refractivity (Wildman–Crippen MR) is 58.5 cm³/mol. The summed E-state index contributed by atoms with van der Waals surface area (Å²) in [7, 11) is 0. The van der Waals surface area contributed by atoms with E-state index in [1.165, 1.54) is 6.20 Å². The first-order valence-electron chi connectivity index (χ1n) is 5.13. The monoisotopic (exact) mass is 210 g/mol. The third-order valence-electron chi connectivity index (χ3n) is 2.14. The van der Waals surface area contributed by atoms with Gasteiger partial charge in [-0.25, -0.2) is 0 Å². The van der Waals surface area contributed by atoms with Crippen molar-refractivity contribution in [2.24, 2.45) is 0 Å². The molecule has 0 aliphatic carbocycles. The molecule has 1 heterocycles. The normalized spacial score (nSPS) is 14.9. The van der Waals surface area contributed by atoms with E-state index >= 15 is 0 Å². The maximum absolute atomic E-state index is 9.17. The van der Waals surface area contributed by atoms with Crippen LogP contribution in [0.5, 0.6) is 5.75 Å². The molecule has 2 atom stereocenters. The van der Waals surface area contributed by atoms with Gasteiger partial charge in [-0.15, -0.1) is 0 Å². The molecule has 1 rings (SSSR count). The van der Waals surface area contributed by atoms with Crippen LogP contribution in [0.3, 0.4) is 0 Å². The van der Waals surface area contributed by atoms with Crippen molar-refractivity contribution in [2.45, 2.75) is 39.0 Å².